The Labute approximate surface area is 229 Å². The highest BCUT2D eigenvalue weighted by molar-refractivity contribution is 9.10. The number of nitrogens with one attached hydrogen (secondary N) is 4. The lowest BCUT2D eigenvalue weighted by atomic mass is 10.1. The summed E-state index contributed by atoms with van der Waals surface area (Å²) in [5.74, 6) is 1.57. The van der Waals surface area contributed by atoms with E-state index in [9.17, 15) is 4.79 Å². The van der Waals surface area contributed by atoms with Crippen LogP contribution in [0, 0.1) is 0 Å². The molecule has 0 aliphatic carbocycles. The first-order valence-electron chi connectivity index (χ1n) is 12.5. The van der Waals surface area contributed by atoms with Gasteiger partial charge in [0.1, 0.15) is 11.6 Å². The molecule has 1 aliphatic rings. The van der Waals surface area contributed by atoms with Crippen molar-refractivity contribution < 1.29 is 9.53 Å². The number of rotatable bonds is 8. The third kappa shape index (κ3) is 5.68. The summed E-state index contributed by atoms with van der Waals surface area (Å²) in [6, 6.07) is 11.9. The molecule has 0 unspecified atom stereocenters. The van der Waals surface area contributed by atoms with Crippen LogP contribution in [0.4, 0.5) is 34.5 Å². The maximum atomic E-state index is 12.4. The smallest absolute Gasteiger partial charge is 0.229 e. The van der Waals surface area contributed by atoms with Crippen LogP contribution in [0.15, 0.2) is 53.3 Å². The fourth-order valence-electron chi connectivity index (χ4n) is 4.38. The number of hydrogen-bond donors (Lipinski definition) is 4. The number of ether oxygens (including phenoxy) is 1. The van der Waals surface area contributed by atoms with Gasteiger partial charge in [0, 0.05) is 62.3 Å². The van der Waals surface area contributed by atoms with Gasteiger partial charge in [-0.25, -0.2) is 4.98 Å². The Morgan fingerprint density at radius 3 is 2.68 bits per heavy atom. The zero-order valence-electron chi connectivity index (χ0n) is 21.6. The number of H-pyrrole nitrogens is 1. The van der Waals surface area contributed by atoms with Crippen LogP contribution >= 0.6 is 15.9 Å². The normalized spacial score (nSPS) is 13.9. The summed E-state index contributed by atoms with van der Waals surface area (Å²) in [5, 5.41) is 10.8. The van der Waals surface area contributed by atoms with Gasteiger partial charge in [-0.15, -0.1) is 0 Å². The number of hydrogen-bond acceptors (Lipinski definition) is 8. The third-order valence-electron chi connectivity index (χ3n) is 6.57. The van der Waals surface area contributed by atoms with Crippen LogP contribution in [0.1, 0.15) is 13.3 Å². The maximum Gasteiger partial charge on any atom is 0.229 e. The molecule has 4 N–H and O–H groups in total. The summed E-state index contributed by atoms with van der Waals surface area (Å²) in [6.07, 6.45) is 3.99. The summed E-state index contributed by atoms with van der Waals surface area (Å²) < 4.78 is 6.47. The van der Waals surface area contributed by atoms with E-state index < -0.39 is 0 Å². The number of anilines is 6. The molecule has 1 fully saturated rings. The van der Waals surface area contributed by atoms with Crippen molar-refractivity contribution in [3.05, 3.63) is 53.3 Å². The van der Waals surface area contributed by atoms with Crippen molar-refractivity contribution in [1.82, 2.24) is 19.9 Å². The molecule has 5 rings (SSSR count). The van der Waals surface area contributed by atoms with E-state index in [1.54, 1.807) is 13.3 Å². The molecule has 0 atom stereocenters. The second kappa shape index (κ2) is 11.3. The Morgan fingerprint density at radius 1 is 1.11 bits per heavy atom. The molecule has 4 aromatic rings. The van der Waals surface area contributed by atoms with Gasteiger partial charge < -0.3 is 35.5 Å². The molecular formula is C27H31BrN8O2. The molecule has 0 radical (unpaired) electrons. The summed E-state index contributed by atoms with van der Waals surface area (Å²) in [7, 11) is 3.75. The highest BCUT2D eigenvalue weighted by Gasteiger charge is 2.21. The number of halogens is 1. The number of nitrogens with zero attached hydrogens (tertiary/aromatic N) is 4. The number of fused-ring (bicyclic) bond motifs is 1. The molecule has 1 amide bonds. The SMILES string of the molecule is CCC(=O)Nc1cc(Nc2ncc(Br)c(Nc3ccc4cc[nH]c4c3)n2)c(OC)cc1N1CCN(C)CC1. The van der Waals surface area contributed by atoms with E-state index in [1.807, 2.05) is 49.5 Å². The Kier molecular flexibility index (Phi) is 7.66. The second-order valence-corrected chi connectivity index (χ2v) is 10.0. The number of piperazine rings is 1. The summed E-state index contributed by atoms with van der Waals surface area (Å²) in [4.78, 5) is 29.3. The van der Waals surface area contributed by atoms with Gasteiger partial charge >= 0.3 is 0 Å². The highest BCUT2D eigenvalue weighted by atomic mass is 79.9. The lowest BCUT2D eigenvalue weighted by Gasteiger charge is -2.35. The van der Waals surface area contributed by atoms with E-state index in [4.69, 9.17) is 4.74 Å². The van der Waals surface area contributed by atoms with Crippen molar-refractivity contribution in [3.63, 3.8) is 0 Å². The van der Waals surface area contributed by atoms with Crippen LogP contribution in [0.2, 0.25) is 0 Å². The maximum absolute atomic E-state index is 12.4. The first-order valence-corrected chi connectivity index (χ1v) is 13.3. The number of carbonyl (C=O) groups excluding carboxylic acids is 1. The zero-order chi connectivity index (χ0) is 26.6. The molecule has 0 saturated carbocycles. The Hall–Kier alpha value is -3.83. The largest absolute Gasteiger partial charge is 0.494 e. The average molecular weight is 580 g/mol. The molecular weight excluding hydrogens is 548 g/mol. The zero-order valence-corrected chi connectivity index (χ0v) is 23.2. The second-order valence-electron chi connectivity index (χ2n) is 9.18. The molecule has 0 bridgehead atoms. The van der Waals surface area contributed by atoms with Crippen LogP contribution in [-0.4, -0.2) is 66.1 Å². The fraction of sp³-hybridized carbons (Fsp3) is 0.296. The van der Waals surface area contributed by atoms with Gasteiger partial charge in [-0.1, -0.05) is 13.0 Å². The van der Waals surface area contributed by atoms with Gasteiger partial charge in [-0.2, -0.15) is 4.98 Å². The van der Waals surface area contributed by atoms with Crippen LogP contribution < -0.4 is 25.6 Å². The van der Waals surface area contributed by atoms with Crippen molar-refractivity contribution in [2.75, 3.05) is 61.2 Å². The molecule has 38 heavy (non-hydrogen) atoms. The predicted octanol–water partition coefficient (Wildman–Crippen LogP) is 5.32. The Bertz CT molecular complexity index is 1450. The van der Waals surface area contributed by atoms with Crippen molar-refractivity contribution in [2.45, 2.75) is 13.3 Å². The van der Waals surface area contributed by atoms with Crippen molar-refractivity contribution >= 4 is 67.3 Å². The topological polar surface area (TPSA) is 110 Å². The number of carbonyl (C=O) groups is 1. The summed E-state index contributed by atoms with van der Waals surface area (Å²) >= 11 is 3.54. The molecule has 2 aromatic heterocycles. The van der Waals surface area contributed by atoms with Crippen LogP contribution in [0.25, 0.3) is 10.9 Å². The number of benzene rings is 2. The number of likely N-dealkylation sites (N-methyl/N-ethyl adjacent to an activating group) is 1. The standard InChI is InChI=1S/C27H31BrN8O2/c1-4-25(37)32-21-14-22(24(38-3)15-23(21)36-11-9-35(2)10-12-36)33-27-30-16-19(28)26(34-27)31-18-6-5-17-7-8-29-20(17)13-18/h5-8,13-16,29H,4,9-12H2,1-3H3,(H,32,37)(H2,30,31,33,34). The first-order chi connectivity index (χ1) is 18.4. The van der Waals surface area contributed by atoms with Gasteiger partial charge in [-0.3, -0.25) is 4.79 Å². The monoisotopic (exact) mass is 578 g/mol. The Balaban J connectivity index is 1.44. The quantitative estimate of drug-likeness (QED) is 0.222. The van der Waals surface area contributed by atoms with E-state index in [0.29, 0.717) is 29.6 Å². The van der Waals surface area contributed by atoms with Gasteiger partial charge in [0.15, 0.2) is 0 Å². The minimum Gasteiger partial charge on any atom is -0.494 e. The van der Waals surface area contributed by atoms with Gasteiger partial charge in [0.2, 0.25) is 11.9 Å². The molecule has 198 valence electrons. The first kappa shape index (κ1) is 25.8. The molecule has 2 aromatic carbocycles. The molecule has 3 heterocycles. The van der Waals surface area contributed by atoms with E-state index in [0.717, 1.165) is 58.6 Å². The van der Waals surface area contributed by atoms with E-state index in [1.165, 1.54) is 0 Å². The number of aromatic amines is 1. The van der Waals surface area contributed by atoms with Crippen molar-refractivity contribution in [2.24, 2.45) is 0 Å². The highest BCUT2D eigenvalue weighted by Crippen LogP contribution is 2.39. The van der Waals surface area contributed by atoms with Gasteiger partial charge in [0.25, 0.3) is 0 Å². The van der Waals surface area contributed by atoms with E-state index >= 15 is 0 Å². The minimum absolute atomic E-state index is 0.0538. The van der Waals surface area contributed by atoms with E-state index in [-0.39, 0.29) is 5.91 Å². The predicted molar refractivity (Wildman–Crippen MR) is 156 cm³/mol. The number of aromatic nitrogens is 3. The number of methoxy groups -OCH3 is 1. The Morgan fingerprint density at radius 2 is 1.92 bits per heavy atom. The molecule has 0 spiro atoms. The van der Waals surface area contributed by atoms with Gasteiger partial charge in [-0.05, 0) is 52.6 Å². The third-order valence-corrected chi connectivity index (χ3v) is 7.15. The van der Waals surface area contributed by atoms with Crippen LogP contribution in [-0.2, 0) is 4.79 Å². The van der Waals surface area contributed by atoms with Gasteiger partial charge in [0.05, 0.1) is 28.6 Å². The average Bonchev–Trinajstić information content (AvgIpc) is 3.39. The summed E-state index contributed by atoms with van der Waals surface area (Å²) in [6.45, 7) is 5.46. The molecule has 10 nitrogen and oxygen atoms in total. The van der Waals surface area contributed by atoms with E-state index in [2.05, 4.69) is 63.7 Å². The molecule has 1 saturated heterocycles. The minimum atomic E-state index is -0.0538. The summed E-state index contributed by atoms with van der Waals surface area (Å²) in [5.41, 5.74) is 4.23. The van der Waals surface area contributed by atoms with Crippen molar-refractivity contribution in [3.8, 4) is 5.75 Å². The van der Waals surface area contributed by atoms with Crippen LogP contribution in [0.5, 0.6) is 5.75 Å². The lowest BCUT2D eigenvalue weighted by Crippen LogP contribution is -2.44. The lowest BCUT2D eigenvalue weighted by molar-refractivity contribution is -0.115. The number of amides is 1. The van der Waals surface area contributed by atoms with Crippen molar-refractivity contribution in [1.29, 1.82) is 0 Å². The molecule has 11 heteroatoms. The molecule has 1 aliphatic heterocycles. The fourth-order valence-corrected chi connectivity index (χ4v) is 4.67. The van der Waals surface area contributed by atoms with Crippen LogP contribution in [0.3, 0.4) is 0 Å².